The van der Waals surface area contributed by atoms with Gasteiger partial charge in [0.1, 0.15) is 17.1 Å². The maximum absolute atomic E-state index is 11.1. The lowest BCUT2D eigenvalue weighted by Crippen LogP contribution is -2.08. The van der Waals surface area contributed by atoms with Gasteiger partial charge in [0.2, 0.25) is 0 Å². The first kappa shape index (κ1) is 11.8. The molecule has 0 bridgehead atoms. The number of hydrogen-bond acceptors (Lipinski definition) is 4. The predicted molar refractivity (Wildman–Crippen MR) is 55.5 cm³/mol. The Morgan fingerprint density at radius 1 is 1.38 bits per heavy atom. The van der Waals surface area contributed by atoms with Gasteiger partial charge < -0.3 is 14.9 Å². The zero-order chi connectivity index (χ0) is 12.3. The molecule has 0 saturated heterocycles. The number of benzene rings is 1. The van der Waals surface area contributed by atoms with Crippen molar-refractivity contribution >= 4 is 11.9 Å². The third-order valence-corrected chi connectivity index (χ3v) is 1.76. The topological polar surface area (TPSA) is 83.8 Å². The molecular weight excluding hydrogens is 212 g/mol. The summed E-state index contributed by atoms with van der Waals surface area (Å²) in [5.74, 6) is -2.29. The molecule has 0 unspecified atom stereocenters. The Kier molecular flexibility index (Phi) is 3.30. The van der Waals surface area contributed by atoms with Gasteiger partial charge in [0.15, 0.2) is 0 Å². The van der Waals surface area contributed by atoms with E-state index in [1.807, 2.05) is 0 Å². The second kappa shape index (κ2) is 4.48. The first-order chi connectivity index (χ1) is 7.41. The van der Waals surface area contributed by atoms with Crippen molar-refractivity contribution in [3.8, 4) is 11.5 Å². The molecule has 0 spiro atoms. The van der Waals surface area contributed by atoms with Crippen molar-refractivity contribution in [1.29, 1.82) is 0 Å². The zero-order valence-corrected chi connectivity index (χ0v) is 8.56. The first-order valence-electron chi connectivity index (χ1n) is 4.36. The molecule has 0 fully saturated rings. The van der Waals surface area contributed by atoms with Crippen LogP contribution in [0.15, 0.2) is 30.4 Å². The van der Waals surface area contributed by atoms with E-state index in [0.29, 0.717) is 0 Å². The minimum absolute atomic E-state index is 0.0446. The standard InChI is InChI=1S/C11H10O5/c1-6(2)11(15)16-7-3-4-9(12)8(5-7)10(13)14/h3-5,12H,1H2,2H3,(H,13,14). The number of aromatic carboxylic acids is 1. The Labute approximate surface area is 91.6 Å². The second-order valence-electron chi connectivity index (χ2n) is 3.15. The third kappa shape index (κ3) is 2.60. The molecule has 16 heavy (non-hydrogen) atoms. The Morgan fingerprint density at radius 2 is 2.00 bits per heavy atom. The molecule has 1 aromatic rings. The van der Waals surface area contributed by atoms with Crippen molar-refractivity contribution in [3.05, 3.63) is 35.9 Å². The fraction of sp³-hybridized carbons (Fsp3) is 0.0909. The Balaban J connectivity index is 3.00. The molecule has 0 saturated carbocycles. The van der Waals surface area contributed by atoms with Crippen LogP contribution >= 0.6 is 0 Å². The maximum atomic E-state index is 11.1. The molecule has 0 aliphatic carbocycles. The fourth-order valence-electron chi connectivity index (χ4n) is 0.944. The van der Waals surface area contributed by atoms with Gasteiger partial charge in [0.25, 0.3) is 0 Å². The zero-order valence-electron chi connectivity index (χ0n) is 8.56. The quantitative estimate of drug-likeness (QED) is 0.460. The summed E-state index contributed by atoms with van der Waals surface area (Å²) in [6.07, 6.45) is 0. The number of phenols is 1. The lowest BCUT2D eigenvalue weighted by molar-refractivity contribution is -0.130. The van der Waals surface area contributed by atoms with Gasteiger partial charge in [-0.05, 0) is 25.1 Å². The van der Waals surface area contributed by atoms with Gasteiger partial charge >= 0.3 is 11.9 Å². The van der Waals surface area contributed by atoms with Crippen molar-refractivity contribution in [1.82, 2.24) is 0 Å². The number of rotatable bonds is 3. The number of carboxylic acids is 1. The molecule has 0 atom stereocenters. The van der Waals surface area contributed by atoms with Gasteiger partial charge in [-0.15, -0.1) is 0 Å². The molecule has 1 rings (SSSR count). The van der Waals surface area contributed by atoms with Gasteiger partial charge in [-0.3, -0.25) is 0 Å². The van der Waals surface area contributed by atoms with Gasteiger partial charge in [-0.25, -0.2) is 9.59 Å². The lowest BCUT2D eigenvalue weighted by atomic mass is 10.2. The summed E-state index contributed by atoms with van der Waals surface area (Å²) in [4.78, 5) is 21.8. The summed E-state index contributed by atoms with van der Waals surface area (Å²) in [5.41, 5.74) is -0.128. The summed E-state index contributed by atoms with van der Waals surface area (Å²) < 4.78 is 4.81. The molecule has 0 heterocycles. The number of aromatic hydroxyl groups is 1. The highest BCUT2D eigenvalue weighted by molar-refractivity contribution is 5.92. The number of carbonyl (C=O) groups is 2. The first-order valence-corrected chi connectivity index (χ1v) is 4.36. The predicted octanol–water partition coefficient (Wildman–Crippen LogP) is 1.57. The molecule has 0 aliphatic rings. The summed E-state index contributed by atoms with van der Waals surface area (Å²) in [6.45, 7) is 4.86. The van der Waals surface area contributed by atoms with Crippen LogP contribution in [0.4, 0.5) is 0 Å². The van der Waals surface area contributed by atoms with Crippen molar-refractivity contribution in [3.63, 3.8) is 0 Å². The van der Waals surface area contributed by atoms with E-state index < -0.39 is 11.9 Å². The largest absolute Gasteiger partial charge is 0.507 e. The third-order valence-electron chi connectivity index (χ3n) is 1.76. The van der Waals surface area contributed by atoms with Crippen molar-refractivity contribution in [2.24, 2.45) is 0 Å². The van der Waals surface area contributed by atoms with E-state index in [0.717, 1.165) is 12.1 Å². The minimum atomic E-state index is -1.30. The molecule has 0 amide bonds. The number of carboxylic acid groups (broad SMARTS) is 1. The molecule has 2 N–H and O–H groups in total. The van der Waals surface area contributed by atoms with Crippen LogP contribution in [0, 0.1) is 0 Å². The number of esters is 1. The SMILES string of the molecule is C=C(C)C(=O)Oc1ccc(O)c(C(=O)O)c1. The molecule has 84 valence electrons. The average molecular weight is 222 g/mol. The van der Waals surface area contributed by atoms with E-state index in [1.54, 1.807) is 0 Å². The van der Waals surface area contributed by atoms with Crippen LogP contribution in [0.2, 0.25) is 0 Å². The highest BCUT2D eigenvalue weighted by atomic mass is 16.5. The number of ether oxygens (including phenoxy) is 1. The Hall–Kier alpha value is -2.30. The van der Waals surface area contributed by atoms with E-state index in [9.17, 15) is 14.7 Å². The monoisotopic (exact) mass is 222 g/mol. The maximum Gasteiger partial charge on any atom is 0.339 e. The summed E-state index contributed by atoms with van der Waals surface area (Å²) >= 11 is 0. The van der Waals surface area contributed by atoms with Crippen LogP contribution in [0.5, 0.6) is 11.5 Å². The van der Waals surface area contributed by atoms with Crippen LogP contribution in [0.1, 0.15) is 17.3 Å². The van der Waals surface area contributed by atoms with Crippen LogP contribution in [-0.2, 0) is 4.79 Å². The number of hydrogen-bond donors (Lipinski definition) is 2. The molecule has 1 aromatic carbocycles. The van der Waals surface area contributed by atoms with Crippen LogP contribution in [0.3, 0.4) is 0 Å². The molecule has 0 aliphatic heterocycles. The summed E-state index contributed by atoms with van der Waals surface area (Å²) in [5, 5.41) is 17.9. The van der Waals surface area contributed by atoms with Gasteiger partial charge in [-0.2, -0.15) is 0 Å². The van der Waals surface area contributed by atoms with Crippen LogP contribution in [0.25, 0.3) is 0 Å². The van der Waals surface area contributed by atoms with Gasteiger partial charge in [0, 0.05) is 5.57 Å². The van der Waals surface area contributed by atoms with Crippen LogP contribution in [-0.4, -0.2) is 22.2 Å². The molecule has 5 nitrogen and oxygen atoms in total. The molecular formula is C11H10O5. The van der Waals surface area contributed by atoms with E-state index >= 15 is 0 Å². The minimum Gasteiger partial charge on any atom is -0.507 e. The van der Waals surface area contributed by atoms with Crippen molar-refractivity contribution < 1.29 is 24.5 Å². The summed E-state index contributed by atoms with van der Waals surface area (Å²) in [7, 11) is 0. The Bertz CT molecular complexity index is 461. The lowest BCUT2D eigenvalue weighted by Gasteiger charge is -2.05. The van der Waals surface area contributed by atoms with Crippen LogP contribution < -0.4 is 4.74 Å². The average Bonchev–Trinajstić information content (AvgIpc) is 2.20. The smallest absolute Gasteiger partial charge is 0.339 e. The Morgan fingerprint density at radius 3 is 2.50 bits per heavy atom. The summed E-state index contributed by atoms with van der Waals surface area (Å²) in [6, 6.07) is 3.51. The molecule has 0 radical (unpaired) electrons. The van der Waals surface area contributed by atoms with E-state index in [1.165, 1.54) is 13.0 Å². The van der Waals surface area contributed by atoms with Gasteiger partial charge in [0.05, 0.1) is 0 Å². The van der Waals surface area contributed by atoms with E-state index in [4.69, 9.17) is 9.84 Å². The highest BCUT2D eigenvalue weighted by Crippen LogP contribution is 2.23. The van der Waals surface area contributed by atoms with Gasteiger partial charge in [-0.1, -0.05) is 6.58 Å². The van der Waals surface area contributed by atoms with Crippen molar-refractivity contribution in [2.75, 3.05) is 0 Å². The highest BCUT2D eigenvalue weighted by Gasteiger charge is 2.12. The van der Waals surface area contributed by atoms with Crippen molar-refractivity contribution in [2.45, 2.75) is 6.92 Å². The normalized spacial score (nSPS) is 9.56. The fourth-order valence-corrected chi connectivity index (χ4v) is 0.944. The molecule has 0 aromatic heterocycles. The van der Waals surface area contributed by atoms with E-state index in [-0.39, 0.29) is 22.6 Å². The van der Waals surface area contributed by atoms with E-state index in [2.05, 4.69) is 6.58 Å². The number of carbonyl (C=O) groups excluding carboxylic acids is 1. The second-order valence-corrected chi connectivity index (χ2v) is 3.15. The molecule has 5 heteroatoms.